The van der Waals surface area contributed by atoms with Crippen LogP contribution in [0, 0.1) is 11.2 Å². The number of anilines is 1. The molecule has 12 heteroatoms. The van der Waals surface area contributed by atoms with Crippen LogP contribution in [0.25, 0.3) is 0 Å². The van der Waals surface area contributed by atoms with Gasteiger partial charge in [0, 0.05) is 51.9 Å². The number of nitrogens with zero attached hydrogens (tertiary/aromatic N) is 1. The maximum Gasteiger partial charge on any atom is 0.256 e. The van der Waals surface area contributed by atoms with Crippen LogP contribution >= 0.6 is 35.3 Å². The van der Waals surface area contributed by atoms with Gasteiger partial charge in [-0.05, 0) is 60.2 Å². The van der Waals surface area contributed by atoms with E-state index in [2.05, 4.69) is 22.1 Å². The summed E-state index contributed by atoms with van der Waals surface area (Å²) in [6.07, 6.45) is -1.50. The minimum atomic E-state index is -1.16. The zero-order valence-corrected chi connectivity index (χ0v) is 31.1. The third-order valence-electron chi connectivity index (χ3n) is 7.97. The zero-order valence-electron chi connectivity index (χ0n) is 28.7. The molecule has 0 saturated carbocycles. The standard InChI is InChI=1S/C38H43ClFN3O5S.ClH/c1-38(2,3)24-43-31-16-15-26(39)20-29(31)35(48-33(37(43)45)21-34(44)42-22-25-10-5-6-13-30(25)40)28-12-7-14-32(36(28)46-4)47-18-9-17-41-23-27-11-8-19-49-27;/h5-8,10-16,19-20,33,35,41H,9,17-18,21-24H2,1-4H3,(H,42,44);1H. The van der Waals surface area contributed by atoms with Crippen molar-refractivity contribution in [3.05, 3.63) is 111 Å². The van der Waals surface area contributed by atoms with Crippen molar-refractivity contribution in [3.8, 4) is 11.5 Å². The molecule has 1 aromatic heterocycles. The molecule has 0 spiro atoms. The zero-order chi connectivity index (χ0) is 35.0. The number of ether oxygens (including phenoxy) is 3. The summed E-state index contributed by atoms with van der Waals surface area (Å²) in [6.45, 7) is 8.51. The van der Waals surface area contributed by atoms with Gasteiger partial charge in [-0.3, -0.25) is 9.59 Å². The Hall–Kier alpha value is -3.67. The van der Waals surface area contributed by atoms with Crippen LogP contribution in [0.5, 0.6) is 11.5 Å². The first kappa shape index (κ1) is 39.1. The van der Waals surface area contributed by atoms with Gasteiger partial charge in [0.05, 0.1) is 20.1 Å². The second kappa shape index (κ2) is 18.0. The highest BCUT2D eigenvalue weighted by Gasteiger charge is 2.40. The third-order valence-corrected chi connectivity index (χ3v) is 9.08. The number of methoxy groups -OCH3 is 1. The SMILES string of the molecule is COc1c(OCCCNCc2cccs2)cccc1C1OC(CC(=O)NCc2ccccc2F)C(=O)N(CC(C)(C)C)c2ccc(Cl)cc21.Cl. The summed E-state index contributed by atoms with van der Waals surface area (Å²) in [5.41, 5.74) is 1.98. The highest BCUT2D eigenvalue weighted by atomic mass is 35.5. The number of para-hydroxylation sites is 1. The van der Waals surface area contributed by atoms with E-state index in [4.69, 9.17) is 25.8 Å². The molecule has 3 aromatic carbocycles. The number of carbonyl (C=O) groups is 2. The first-order valence-electron chi connectivity index (χ1n) is 16.3. The highest BCUT2D eigenvalue weighted by Crippen LogP contribution is 2.45. The summed E-state index contributed by atoms with van der Waals surface area (Å²) >= 11 is 8.28. The molecule has 0 radical (unpaired) electrons. The predicted octanol–water partition coefficient (Wildman–Crippen LogP) is 8.10. The van der Waals surface area contributed by atoms with Crippen molar-refractivity contribution in [2.45, 2.75) is 58.9 Å². The molecule has 0 saturated heterocycles. The lowest BCUT2D eigenvalue weighted by Gasteiger charge is -2.31. The summed E-state index contributed by atoms with van der Waals surface area (Å²) in [6, 6.07) is 21.3. The minimum Gasteiger partial charge on any atom is -0.492 e. The van der Waals surface area contributed by atoms with E-state index in [0.29, 0.717) is 52.1 Å². The predicted molar refractivity (Wildman–Crippen MR) is 199 cm³/mol. The monoisotopic (exact) mass is 743 g/mol. The van der Waals surface area contributed by atoms with Gasteiger partial charge in [0.1, 0.15) is 18.0 Å². The van der Waals surface area contributed by atoms with Gasteiger partial charge in [-0.1, -0.05) is 68.8 Å². The molecule has 2 amide bonds. The van der Waals surface area contributed by atoms with E-state index in [1.165, 1.54) is 10.9 Å². The number of nitrogens with one attached hydrogen (secondary N) is 2. The molecule has 0 bridgehead atoms. The van der Waals surface area contributed by atoms with Crippen LogP contribution in [0.4, 0.5) is 10.1 Å². The summed E-state index contributed by atoms with van der Waals surface area (Å²) in [4.78, 5) is 30.6. The van der Waals surface area contributed by atoms with Gasteiger partial charge in [0.2, 0.25) is 5.91 Å². The van der Waals surface area contributed by atoms with E-state index in [1.807, 2.05) is 51.1 Å². The second-order valence-corrected chi connectivity index (χ2v) is 14.6. The minimum absolute atomic E-state index is 0. The molecule has 50 heavy (non-hydrogen) atoms. The first-order valence-corrected chi connectivity index (χ1v) is 17.6. The van der Waals surface area contributed by atoms with Crippen molar-refractivity contribution in [1.82, 2.24) is 10.6 Å². The Morgan fingerprint density at radius 3 is 2.56 bits per heavy atom. The van der Waals surface area contributed by atoms with Crippen LogP contribution in [0.15, 0.2) is 78.2 Å². The summed E-state index contributed by atoms with van der Waals surface area (Å²) in [5, 5.41) is 8.72. The number of benzene rings is 3. The van der Waals surface area contributed by atoms with E-state index in [0.717, 1.165) is 19.5 Å². The van der Waals surface area contributed by atoms with Crippen molar-refractivity contribution >= 4 is 52.8 Å². The Morgan fingerprint density at radius 1 is 1.04 bits per heavy atom. The number of halogens is 3. The fraction of sp³-hybridized carbons (Fsp3) is 0.368. The lowest BCUT2D eigenvalue weighted by molar-refractivity contribution is -0.138. The maximum absolute atomic E-state index is 14.3. The van der Waals surface area contributed by atoms with E-state index in [-0.39, 0.29) is 36.7 Å². The van der Waals surface area contributed by atoms with Crippen molar-refractivity contribution in [2.75, 3.05) is 31.7 Å². The molecule has 2 N–H and O–H groups in total. The first-order chi connectivity index (χ1) is 23.5. The number of hydrogen-bond donors (Lipinski definition) is 2. The molecule has 1 aliphatic heterocycles. The molecule has 268 valence electrons. The lowest BCUT2D eigenvalue weighted by atomic mass is 9.94. The smallest absolute Gasteiger partial charge is 0.256 e. The fourth-order valence-corrected chi connectivity index (χ4v) is 6.59. The van der Waals surface area contributed by atoms with Gasteiger partial charge in [0.25, 0.3) is 5.91 Å². The van der Waals surface area contributed by atoms with Crippen molar-refractivity contribution in [1.29, 1.82) is 0 Å². The van der Waals surface area contributed by atoms with Gasteiger partial charge in [-0.25, -0.2) is 4.39 Å². The molecular weight excluding hydrogens is 700 g/mol. The Morgan fingerprint density at radius 2 is 1.84 bits per heavy atom. The van der Waals surface area contributed by atoms with Gasteiger partial charge in [0.15, 0.2) is 11.5 Å². The largest absolute Gasteiger partial charge is 0.492 e. The number of rotatable bonds is 14. The Kier molecular flexibility index (Phi) is 14.1. The highest BCUT2D eigenvalue weighted by molar-refractivity contribution is 7.09. The maximum atomic E-state index is 14.3. The number of amides is 2. The van der Waals surface area contributed by atoms with E-state index in [9.17, 15) is 14.0 Å². The van der Waals surface area contributed by atoms with Crippen LogP contribution in [0.1, 0.15) is 61.3 Å². The van der Waals surface area contributed by atoms with Crippen LogP contribution < -0.4 is 25.0 Å². The molecule has 2 unspecified atom stereocenters. The molecule has 2 atom stereocenters. The third kappa shape index (κ3) is 10.2. The number of fused-ring (bicyclic) bond motifs is 1. The fourth-order valence-electron chi connectivity index (χ4n) is 5.73. The summed E-state index contributed by atoms with van der Waals surface area (Å²) in [5.74, 6) is -0.228. The van der Waals surface area contributed by atoms with Gasteiger partial charge in [-0.15, -0.1) is 23.7 Å². The quantitative estimate of drug-likeness (QED) is 0.127. The van der Waals surface area contributed by atoms with Crippen LogP contribution in [0.3, 0.4) is 0 Å². The van der Waals surface area contributed by atoms with Gasteiger partial charge in [-0.2, -0.15) is 0 Å². The normalized spacial score (nSPS) is 15.9. The summed E-state index contributed by atoms with van der Waals surface area (Å²) in [7, 11) is 1.56. The molecular formula is C38H44Cl2FN3O5S. The van der Waals surface area contributed by atoms with Crippen molar-refractivity contribution in [3.63, 3.8) is 0 Å². The molecule has 0 fully saturated rings. The van der Waals surface area contributed by atoms with Gasteiger partial charge >= 0.3 is 0 Å². The second-order valence-electron chi connectivity index (χ2n) is 13.1. The van der Waals surface area contributed by atoms with Crippen molar-refractivity contribution in [2.24, 2.45) is 5.41 Å². The Bertz CT molecular complexity index is 1730. The Balaban J connectivity index is 0.00000562. The van der Waals surface area contributed by atoms with Gasteiger partial charge < -0.3 is 29.7 Å². The number of thiophene rings is 1. The van der Waals surface area contributed by atoms with Crippen LogP contribution in [-0.4, -0.2) is 44.7 Å². The van der Waals surface area contributed by atoms with Crippen molar-refractivity contribution < 1.29 is 28.2 Å². The number of carbonyl (C=O) groups excluding carboxylic acids is 2. The molecule has 2 heterocycles. The molecule has 0 aliphatic carbocycles. The summed E-state index contributed by atoms with van der Waals surface area (Å²) < 4.78 is 33.0. The van der Waals surface area contributed by atoms with Crippen LogP contribution in [-0.2, 0) is 27.4 Å². The molecule has 1 aliphatic rings. The number of hydrogen-bond acceptors (Lipinski definition) is 7. The molecule has 4 aromatic rings. The Labute approximate surface area is 308 Å². The molecule has 5 rings (SSSR count). The average Bonchev–Trinajstić information content (AvgIpc) is 3.56. The average molecular weight is 745 g/mol. The van der Waals surface area contributed by atoms with Crippen LogP contribution in [0.2, 0.25) is 5.02 Å². The lowest BCUT2D eigenvalue weighted by Crippen LogP contribution is -2.45. The van der Waals surface area contributed by atoms with E-state index >= 15 is 0 Å². The topological polar surface area (TPSA) is 89.1 Å². The van der Waals surface area contributed by atoms with E-state index < -0.39 is 23.9 Å². The molecule has 8 nitrogen and oxygen atoms in total. The van der Waals surface area contributed by atoms with E-state index in [1.54, 1.807) is 53.7 Å².